The molecule has 0 unspecified atom stereocenters. The number of nitrogens with two attached hydrogens (primary N) is 1. The van der Waals surface area contributed by atoms with Crippen molar-refractivity contribution >= 4 is 12.3 Å². The van der Waals surface area contributed by atoms with Crippen molar-refractivity contribution in [2.45, 2.75) is 6.92 Å². The molecule has 0 aliphatic carbocycles. The summed E-state index contributed by atoms with van der Waals surface area (Å²) in [5.41, 5.74) is 5.36. The Morgan fingerprint density at radius 1 is 1.82 bits per heavy atom. The van der Waals surface area contributed by atoms with Gasteiger partial charge >= 0.3 is 0 Å². The summed E-state index contributed by atoms with van der Waals surface area (Å²) < 4.78 is 0. The third-order valence-corrected chi connectivity index (χ3v) is 1.16. The second-order valence-corrected chi connectivity index (χ2v) is 2.00. The zero-order valence-corrected chi connectivity index (χ0v) is 6.03. The number of hydrogen-bond donors (Lipinski definition) is 2. The fourth-order valence-electron chi connectivity index (χ4n) is 0.585. The molecule has 3 N–H and O–H groups in total. The maximum atomic E-state index is 10.9. The molecule has 1 aromatic rings. The lowest BCUT2D eigenvalue weighted by Gasteiger charge is -1.91. The number of H-pyrrole nitrogens is 1. The Morgan fingerprint density at radius 2 is 2.55 bits per heavy atom. The van der Waals surface area contributed by atoms with Crippen molar-refractivity contribution in [2.75, 3.05) is 0 Å². The number of nitrogens with one attached hydrogen (secondary N) is 1. The summed E-state index contributed by atoms with van der Waals surface area (Å²) in [4.78, 5) is 20.7. The highest BCUT2D eigenvalue weighted by atomic mass is 16.1. The molecule has 0 aromatic carbocycles. The Hall–Kier alpha value is -1.65. The lowest BCUT2D eigenvalue weighted by atomic mass is 10.4. The lowest BCUT2D eigenvalue weighted by Crippen LogP contribution is -2.09. The predicted molar refractivity (Wildman–Crippen MR) is 41.9 cm³/mol. The quantitative estimate of drug-likeness (QED) is 0.428. The molecule has 0 atom stereocenters. The van der Waals surface area contributed by atoms with Crippen molar-refractivity contribution in [3.8, 4) is 0 Å². The van der Waals surface area contributed by atoms with Crippen molar-refractivity contribution < 1.29 is 0 Å². The van der Waals surface area contributed by atoms with Gasteiger partial charge in [-0.05, 0) is 6.92 Å². The van der Waals surface area contributed by atoms with Gasteiger partial charge in [0.25, 0.3) is 5.56 Å². The average Bonchev–Trinajstić information content (AvgIpc) is 1.98. The molecule has 58 valence electrons. The van der Waals surface area contributed by atoms with Crippen LogP contribution in [0.3, 0.4) is 0 Å². The minimum Gasteiger partial charge on any atom is -0.390 e. The van der Waals surface area contributed by atoms with Crippen LogP contribution in [0.1, 0.15) is 5.56 Å². The topological polar surface area (TPSA) is 84.1 Å². The number of aryl methyl sites for hydroxylation is 1. The Bertz CT molecular complexity index is 328. The van der Waals surface area contributed by atoms with Gasteiger partial charge in [-0.1, -0.05) is 0 Å². The summed E-state index contributed by atoms with van der Waals surface area (Å²) >= 11 is 0. The SMILES string of the molecule is Cc1cnc(N=CN)[nH]c1=O. The molecule has 0 spiro atoms. The highest BCUT2D eigenvalue weighted by molar-refractivity contribution is 5.55. The van der Waals surface area contributed by atoms with Gasteiger partial charge in [-0.2, -0.15) is 0 Å². The van der Waals surface area contributed by atoms with Crippen LogP contribution in [0.2, 0.25) is 0 Å². The third-order valence-electron chi connectivity index (χ3n) is 1.16. The van der Waals surface area contributed by atoms with E-state index in [-0.39, 0.29) is 11.5 Å². The van der Waals surface area contributed by atoms with Crippen molar-refractivity contribution in [2.24, 2.45) is 10.7 Å². The van der Waals surface area contributed by atoms with Gasteiger partial charge in [0.05, 0.1) is 6.34 Å². The van der Waals surface area contributed by atoms with E-state index in [1.165, 1.54) is 6.20 Å². The van der Waals surface area contributed by atoms with Gasteiger partial charge in [-0.25, -0.2) is 9.98 Å². The standard InChI is InChI=1S/C6H8N4O/c1-4-2-8-6(9-3-7)10-5(4)11/h2-3H,1H3,(H3,7,8,9,10,11). The maximum absolute atomic E-state index is 10.9. The normalized spacial score (nSPS) is 10.6. The largest absolute Gasteiger partial charge is 0.390 e. The molecule has 0 amide bonds. The molecule has 0 fully saturated rings. The number of aliphatic imine (C=N–C) groups is 1. The van der Waals surface area contributed by atoms with Crippen molar-refractivity contribution in [3.63, 3.8) is 0 Å². The van der Waals surface area contributed by atoms with Crippen LogP contribution in [0.25, 0.3) is 0 Å². The zero-order valence-electron chi connectivity index (χ0n) is 6.03. The first-order chi connectivity index (χ1) is 5.24. The van der Waals surface area contributed by atoms with Crippen molar-refractivity contribution in [1.82, 2.24) is 9.97 Å². The van der Waals surface area contributed by atoms with Crippen LogP contribution in [0.5, 0.6) is 0 Å². The first-order valence-corrected chi connectivity index (χ1v) is 3.04. The van der Waals surface area contributed by atoms with E-state index in [1.807, 2.05) is 0 Å². The van der Waals surface area contributed by atoms with Crippen LogP contribution < -0.4 is 11.3 Å². The molecule has 0 aliphatic rings. The Kier molecular flexibility index (Phi) is 2.00. The van der Waals surface area contributed by atoms with E-state index >= 15 is 0 Å². The monoisotopic (exact) mass is 152 g/mol. The molecule has 0 bridgehead atoms. The molecule has 1 aromatic heterocycles. The molecule has 0 aliphatic heterocycles. The third kappa shape index (κ3) is 1.64. The second-order valence-electron chi connectivity index (χ2n) is 2.00. The highest BCUT2D eigenvalue weighted by Gasteiger charge is 1.93. The highest BCUT2D eigenvalue weighted by Crippen LogP contribution is 1.95. The first-order valence-electron chi connectivity index (χ1n) is 3.04. The van der Waals surface area contributed by atoms with Gasteiger partial charge in [0.2, 0.25) is 5.95 Å². The molecular formula is C6H8N4O. The summed E-state index contributed by atoms with van der Waals surface area (Å²) in [6.07, 6.45) is 2.52. The Balaban J connectivity index is 3.15. The molecule has 0 saturated carbocycles. The molecule has 5 nitrogen and oxygen atoms in total. The van der Waals surface area contributed by atoms with E-state index in [9.17, 15) is 4.79 Å². The van der Waals surface area contributed by atoms with E-state index in [0.29, 0.717) is 5.56 Å². The lowest BCUT2D eigenvalue weighted by molar-refractivity contribution is 1.06. The first kappa shape index (κ1) is 7.46. The van der Waals surface area contributed by atoms with Gasteiger partial charge < -0.3 is 5.73 Å². The summed E-state index contributed by atoms with van der Waals surface area (Å²) in [5, 5.41) is 0. The Labute approximate surface area is 63.0 Å². The number of nitrogens with zero attached hydrogens (tertiary/aromatic N) is 2. The minimum absolute atomic E-state index is 0.194. The predicted octanol–water partition coefficient (Wildman–Crippen LogP) is -0.303. The van der Waals surface area contributed by atoms with Crippen LogP contribution in [0.4, 0.5) is 5.95 Å². The fourth-order valence-corrected chi connectivity index (χ4v) is 0.585. The van der Waals surface area contributed by atoms with Gasteiger partial charge in [-0.3, -0.25) is 9.78 Å². The van der Waals surface area contributed by atoms with Gasteiger partial charge in [0.1, 0.15) is 0 Å². The van der Waals surface area contributed by atoms with Crippen molar-refractivity contribution in [3.05, 3.63) is 22.1 Å². The summed E-state index contributed by atoms with van der Waals surface area (Å²) in [7, 11) is 0. The van der Waals surface area contributed by atoms with Crippen molar-refractivity contribution in [1.29, 1.82) is 0 Å². The molecule has 5 heteroatoms. The number of hydrogen-bond acceptors (Lipinski definition) is 3. The molecule has 0 radical (unpaired) electrons. The van der Waals surface area contributed by atoms with E-state index < -0.39 is 0 Å². The average molecular weight is 152 g/mol. The molecule has 1 heterocycles. The van der Waals surface area contributed by atoms with Crippen LogP contribution in [-0.2, 0) is 0 Å². The maximum Gasteiger partial charge on any atom is 0.255 e. The van der Waals surface area contributed by atoms with Gasteiger partial charge in [0, 0.05) is 11.8 Å². The minimum atomic E-state index is -0.194. The van der Waals surface area contributed by atoms with Crippen LogP contribution >= 0.6 is 0 Å². The summed E-state index contributed by atoms with van der Waals surface area (Å²) in [5.74, 6) is 0.225. The van der Waals surface area contributed by atoms with Crippen LogP contribution in [0.15, 0.2) is 16.0 Å². The molecule has 0 saturated heterocycles. The van der Waals surface area contributed by atoms with E-state index in [2.05, 4.69) is 15.0 Å². The summed E-state index contributed by atoms with van der Waals surface area (Å²) in [6.45, 7) is 1.67. The zero-order chi connectivity index (χ0) is 8.27. The van der Waals surface area contributed by atoms with Crippen LogP contribution in [-0.4, -0.2) is 16.3 Å². The smallest absolute Gasteiger partial charge is 0.255 e. The van der Waals surface area contributed by atoms with Crippen LogP contribution in [0, 0.1) is 6.92 Å². The second kappa shape index (κ2) is 2.96. The number of aromatic amines is 1. The summed E-state index contributed by atoms with van der Waals surface area (Å²) in [6, 6.07) is 0. The fraction of sp³-hybridized carbons (Fsp3) is 0.167. The molecular weight excluding hydrogens is 144 g/mol. The van der Waals surface area contributed by atoms with E-state index in [0.717, 1.165) is 6.34 Å². The molecule has 1 rings (SSSR count). The van der Waals surface area contributed by atoms with E-state index in [4.69, 9.17) is 5.73 Å². The number of rotatable bonds is 1. The molecule has 11 heavy (non-hydrogen) atoms. The Morgan fingerprint density at radius 3 is 3.09 bits per heavy atom. The van der Waals surface area contributed by atoms with E-state index in [1.54, 1.807) is 6.92 Å². The van der Waals surface area contributed by atoms with Gasteiger partial charge in [-0.15, -0.1) is 0 Å². The number of aromatic nitrogens is 2. The van der Waals surface area contributed by atoms with Gasteiger partial charge in [0.15, 0.2) is 0 Å².